The summed E-state index contributed by atoms with van der Waals surface area (Å²) in [5, 5.41) is 6.05. The van der Waals surface area contributed by atoms with Crippen LogP contribution in [0.3, 0.4) is 0 Å². The van der Waals surface area contributed by atoms with Crippen LogP contribution < -0.4 is 0 Å². The number of pyridine rings is 1. The first kappa shape index (κ1) is 12.4. The van der Waals surface area contributed by atoms with Crippen molar-refractivity contribution >= 4 is 22.6 Å². The maximum absolute atomic E-state index is 6.26. The van der Waals surface area contributed by atoms with Gasteiger partial charge < -0.3 is 0 Å². The van der Waals surface area contributed by atoms with Crippen LogP contribution in [0.1, 0.15) is 39.3 Å². The second-order valence-corrected chi connectivity index (χ2v) is 5.55. The summed E-state index contributed by atoms with van der Waals surface area (Å²) in [6.07, 6.45) is 1.80. The van der Waals surface area contributed by atoms with Gasteiger partial charge in [-0.25, -0.2) is 9.67 Å². The van der Waals surface area contributed by atoms with E-state index in [-0.39, 0.29) is 0 Å². The van der Waals surface area contributed by atoms with E-state index >= 15 is 0 Å². The van der Waals surface area contributed by atoms with E-state index in [9.17, 15) is 0 Å². The van der Waals surface area contributed by atoms with Crippen molar-refractivity contribution in [3.05, 3.63) is 23.0 Å². The number of halogens is 1. The van der Waals surface area contributed by atoms with Gasteiger partial charge in [-0.15, -0.1) is 0 Å². The third kappa shape index (κ3) is 2.44. The molecule has 0 aliphatic rings. The standard InChI is InChI=1S/C13H18ClN3/c1-8(2)7-17-13-10(6-15-17)11(14)5-12(16-13)9(3)4/h5-6,8-9H,7H2,1-4H3. The fraction of sp³-hybridized carbons (Fsp3) is 0.538. The molecule has 0 saturated heterocycles. The molecule has 2 aromatic heterocycles. The Morgan fingerprint density at radius 2 is 2.00 bits per heavy atom. The van der Waals surface area contributed by atoms with Gasteiger partial charge in [-0.05, 0) is 17.9 Å². The minimum atomic E-state index is 0.374. The van der Waals surface area contributed by atoms with Crippen LogP contribution in [-0.2, 0) is 6.54 Å². The Hall–Kier alpha value is -1.09. The molecule has 3 nitrogen and oxygen atoms in total. The van der Waals surface area contributed by atoms with Gasteiger partial charge in [-0.1, -0.05) is 39.3 Å². The van der Waals surface area contributed by atoms with Crippen LogP contribution in [0.4, 0.5) is 0 Å². The van der Waals surface area contributed by atoms with Crippen LogP contribution in [-0.4, -0.2) is 14.8 Å². The lowest BCUT2D eigenvalue weighted by Crippen LogP contribution is -2.07. The summed E-state index contributed by atoms with van der Waals surface area (Å²) < 4.78 is 1.94. The highest BCUT2D eigenvalue weighted by Gasteiger charge is 2.12. The zero-order chi connectivity index (χ0) is 12.6. The van der Waals surface area contributed by atoms with Crippen molar-refractivity contribution in [1.82, 2.24) is 14.8 Å². The van der Waals surface area contributed by atoms with E-state index < -0.39 is 0 Å². The number of fused-ring (bicyclic) bond motifs is 1. The van der Waals surface area contributed by atoms with Gasteiger partial charge in [-0.2, -0.15) is 5.10 Å². The normalized spacial score (nSPS) is 11.9. The van der Waals surface area contributed by atoms with Crippen LogP contribution in [0.25, 0.3) is 11.0 Å². The largest absolute Gasteiger partial charge is 0.247 e. The predicted molar refractivity (Wildman–Crippen MR) is 71.5 cm³/mol. The highest BCUT2D eigenvalue weighted by molar-refractivity contribution is 6.35. The molecule has 0 N–H and O–H groups in total. The van der Waals surface area contributed by atoms with Crippen molar-refractivity contribution in [2.45, 2.75) is 40.2 Å². The second-order valence-electron chi connectivity index (χ2n) is 5.14. The lowest BCUT2D eigenvalue weighted by molar-refractivity contribution is 0.492. The van der Waals surface area contributed by atoms with Gasteiger partial charge >= 0.3 is 0 Å². The van der Waals surface area contributed by atoms with E-state index in [0.29, 0.717) is 11.8 Å². The topological polar surface area (TPSA) is 30.7 Å². The van der Waals surface area contributed by atoms with E-state index in [1.165, 1.54) is 0 Å². The zero-order valence-electron chi connectivity index (χ0n) is 10.7. The van der Waals surface area contributed by atoms with Crippen LogP contribution in [0.5, 0.6) is 0 Å². The summed E-state index contributed by atoms with van der Waals surface area (Å²) in [6.45, 7) is 9.44. The molecule has 0 atom stereocenters. The highest BCUT2D eigenvalue weighted by atomic mass is 35.5. The number of nitrogens with zero attached hydrogens (tertiary/aromatic N) is 3. The lowest BCUT2D eigenvalue weighted by atomic mass is 10.1. The smallest absolute Gasteiger partial charge is 0.159 e. The fourth-order valence-electron chi connectivity index (χ4n) is 1.80. The highest BCUT2D eigenvalue weighted by Crippen LogP contribution is 2.26. The maximum atomic E-state index is 6.26. The molecular weight excluding hydrogens is 234 g/mol. The molecule has 0 aliphatic heterocycles. The Labute approximate surface area is 107 Å². The quantitative estimate of drug-likeness (QED) is 0.829. The first-order valence-electron chi connectivity index (χ1n) is 6.01. The number of aromatic nitrogens is 3. The molecule has 0 unspecified atom stereocenters. The van der Waals surface area contributed by atoms with Gasteiger partial charge in [0.25, 0.3) is 0 Å². The molecule has 0 bridgehead atoms. The molecule has 17 heavy (non-hydrogen) atoms. The molecule has 4 heteroatoms. The molecule has 92 valence electrons. The Kier molecular flexibility index (Phi) is 3.38. The minimum Gasteiger partial charge on any atom is -0.247 e. The average molecular weight is 252 g/mol. The average Bonchev–Trinajstić information content (AvgIpc) is 2.61. The molecule has 0 spiro atoms. The van der Waals surface area contributed by atoms with Crippen molar-refractivity contribution < 1.29 is 0 Å². The number of rotatable bonds is 3. The van der Waals surface area contributed by atoms with Gasteiger partial charge in [0.15, 0.2) is 5.65 Å². The molecule has 0 amide bonds. The van der Waals surface area contributed by atoms with E-state index in [1.54, 1.807) is 6.20 Å². The summed E-state index contributed by atoms with van der Waals surface area (Å²) >= 11 is 6.26. The summed E-state index contributed by atoms with van der Waals surface area (Å²) in [5.74, 6) is 0.917. The van der Waals surface area contributed by atoms with Gasteiger partial charge in [-0.3, -0.25) is 0 Å². The monoisotopic (exact) mass is 251 g/mol. The zero-order valence-corrected chi connectivity index (χ0v) is 11.5. The molecule has 0 aliphatic carbocycles. The van der Waals surface area contributed by atoms with E-state index in [2.05, 4.69) is 37.8 Å². The fourth-order valence-corrected chi connectivity index (χ4v) is 2.05. The molecule has 2 aromatic rings. The number of hydrogen-bond donors (Lipinski definition) is 0. The summed E-state index contributed by atoms with van der Waals surface area (Å²) in [4.78, 5) is 4.66. The van der Waals surface area contributed by atoms with E-state index in [0.717, 1.165) is 28.3 Å². The van der Waals surface area contributed by atoms with Gasteiger partial charge in [0.2, 0.25) is 0 Å². The molecular formula is C13H18ClN3. The van der Waals surface area contributed by atoms with Gasteiger partial charge in [0, 0.05) is 12.2 Å². The Balaban J connectivity index is 2.57. The molecule has 0 saturated carbocycles. The van der Waals surface area contributed by atoms with Crippen molar-refractivity contribution in [2.24, 2.45) is 5.92 Å². The van der Waals surface area contributed by atoms with Gasteiger partial charge in [0.05, 0.1) is 16.6 Å². The van der Waals surface area contributed by atoms with Crippen LogP contribution in [0.2, 0.25) is 5.02 Å². The Morgan fingerprint density at radius 1 is 1.29 bits per heavy atom. The molecule has 0 radical (unpaired) electrons. The van der Waals surface area contributed by atoms with Crippen LogP contribution in [0, 0.1) is 5.92 Å². The van der Waals surface area contributed by atoms with Gasteiger partial charge in [0.1, 0.15) is 0 Å². The molecule has 0 fully saturated rings. The van der Waals surface area contributed by atoms with E-state index in [4.69, 9.17) is 11.6 Å². The van der Waals surface area contributed by atoms with Crippen molar-refractivity contribution in [3.8, 4) is 0 Å². The van der Waals surface area contributed by atoms with Crippen molar-refractivity contribution in [3.63, 3.8) is 0 Å². The Morgan fingerprint density at radius 3 is 2.59 bits per heavy atom. The van der Waals surface area contributed by atoms with Crippen molar-refractivity contribution in [2.75, 3.05) is 0 Å². The van der Waals surface area contributed by atoms with Crippen LogP contribution >= 0.6 is 11.6 Å². The number of hydrogen-bond acceptors (Lipinski definition) is 2. The maximum Gasteiger partial charge on any atom is 0.159 e. The first-order chi connectivity index (χ1) is 7.99. The van der Waals surface area contributed by atoms with E-state index in [1.807, 2.05) is 10.7 Å². The second kappa shape index (κ2) is 4.65. The Bertz CT molecular complexity index is 529. The molecule has 0 aromatic carbocycles. The summed E-state index contributed by atoms with van der Waals surface area (Å²) in [6, 6.07) is 1.94. The van der Waals surface area contributed by atoms with Crippen LogP contribution in [0.15, 0.2) is 12.3 Å². The lowest BCUT2D eigenvalue weighted by Gasteiger charge is -2.09. The third-order valence-electron chi connectivity index (χ3n) is 2.71. The minimum absolute atomic E-state index is 0.374. The summed E-state index contributed by atoms with van der Waals surface area (Å²) in [5.41, 5.74) is 1.92. The SMILES string of the molecule is CC(C)Cn1ncc2c(Cl)cc(C(C)C)nc21. The molecule has 2 heterocycles. The first-order valence-corrected chi connectivity index (χ1v) is 6.38. The molecule has 2 rings (SSSR count). The summed E-state index contributed by atoms with van der Waals surface area (Å²) in [7, 11) is 0. The van der Waals surface area contributed by atoms with Crippen molar-refractivity contribution in [1.29, 1.82) is 0 Å². The predicted octanol–water partition coefficient (Wildman–Crippen LogP) is 3.86. The third-order valence-corrected chi connectivity index (χ3v) is 3.02.